The highest BCUT2D eigenvalue weighted by Gasteiger charge is 2.43. The summed E-state index contributed by atoms with van der Waals surface area (Å²) in [5.41, 5.74) is 2.83. The molecule has 0 fully saturated rings. The number of aromatic hydroxyl groups is 1. The quantitative estimate of drug-likeness (QED) is 0.719. The van der Waals surface area contributed by atoms with Gasteiger partial charge in [-0.2, -0.15) is 5.10 Å². The predicted molar refractivity (Wildman–Crippen MR) is 104 cm³/mol. The van der Waals surface area contributed by atoms with Crippen molar-refractivity contribution in [2.45, 2.75) is 25.6 Å². The third-order valence-electron chi connectivity index (χ3n) is 5.05. The van der Waals surface area contributed by atoms with Gasteiger partial charge in [0.25, 0.3) is 0 Å². The maximum absolute atomic E-state index is 9.86. The van der Waals surface area contributed by atoms with Crippen LogP contribution in [0.2, 0.25) is 0 Å². The minimum Gasteiger partial charge on any atom is -0.508 e. The maximum atomic E-state index is 9.86. The van der Waals surface area contributed by atoms with Crippen LogP contribution in [0, 0.1) is 0 Å². The van der Waals surface area contributed by atoms with Crippen molar-refractivity contribution in [1.29, 1.82) is 0 Å². The van der Waals surface area contributed by atoms with Gasteiger partial charge in [0.05, 0.1) is 24.6 Å². The van der Waals surface area contributed by atoms with Gasteiger partial charge in [0.1, 0.15) is 5.75 Å². The molecule has 0 amide bonds. The maximum Gasteiger partial charge on any atom is 0.246 e. The molecule has 2 aliphatic heterocycles. The number of hydrazone groups is 1. The van der Waals surface area contributed by atoms with Gasteiger partial charge in [0.15, 0.2) is 17.3 Å². The first-order valence-corrected chi connectivity index (χ1v) is 9.35. The Hall–Kier alpha value is -3.41. The molecule has 1 aromatic heterocycles. The third kappa shape index (κ3) is 2.69. The van der Waals surface area contributed by atoms with Gasteiger partial charge < -0.3 is 19.0 Å². The van der Waals surface area contributed by atoms with Crippen LogP contribution in [0.25, 0.3) is 0 Å². The molecule has 0 spiro atoms. The largest absolute Gasteiger partial charge is 0.508 e. The van der Waals surface area contributed by atoms with Crippen molar-refractivity contribution in [1.82, 2.24) is 5.01 Å². The number of phenols is 1. The predicted octanol–water partition coefficient (Wildman–Crippen LogP) is 4.63. The van der Waals surface area contributed by atoms with Crippen LogP contribution in [0.5, 0.6) is 17.2 Å². The van der Waals surface area contributed by atoms with Crippen molar-refractivity contribution >= 4 is 5.71 Å². The fraction of sp³-hybridized carbons (Fsp3) is 0.227. The summed E-state index contributed by atoms with van der Waals surface area (Å²) >= 11 is 0. The van der Waals surface area contributed by atoms with Crippen molar-refractivity contribution in [3.8, 4) is 17.2 Å². The fourth-order valence-electron chi connectivity index (χ4n) is 3.83. The molecule has 1 N–H and O–H groups in total. The normalized spacial score (nSPS) is 20.2. The molecule has 2 aromatic carbocycles. The zero-order chi connectivity index (χ0) is 19.1. The van der Waals surface area contributed by atoms with Crippen LogP contribution in [0.15, 0.2) is 70.4 Å². The van der Waals surface area contributed by atoms with Gasteiger partial charge >= 0.3 is 0 Å². The van der Waals surface area contributed by atoms with Gasteiger partial charge in [-0.1, -0.05) is 24.3 Å². The highest BCUT2D eigenvalue weighted by molar-refractivity contribution is 6.02. The van der Waals surface area contributed by atoms with Gasteiger partial charge in [-0.25, -0.2) is 5.01 Å². The molecule has 0 saturated heterocycles. The van der Waals surface area contributed by atoms with Gasteiger partial charge in [0, 0.05) is 17.5 Å². The van der Waals surface area contributed by atoms with Gasteiger partial charge in [-0.05, 0) is 37.3 Å². The number of hydrogen-bond donors (Lipinski definition) is 1. The molecular weight excluding hydrogens is 356 g/mol. The standard InChI is InChI=1S/C22H20N2O4/c1-2-26-19-9-4-8-16-18-13-17(14-6-3-7-15(25)12-14)23-24(18)22(28-21(16)19)20-10-5-11-27-20/h3-12,18,22,25H,2,13H2,1H3. The summed E-state index contributed by atoms with van der Waals surface area (Å²) < 4.78 is 17.8. The number of nitrogens with zero attached hydrogens (tertiary/aromatic N) is 2. The molecule has 28 heavy (non-hydrogen) atoms. The Kier molecular flexibility index (Phi) is 3.97. The lowest BCUT2D eigenvalue weighted by Gasteiger charge is -2.37. The minimum atomic E-state index is -0.482. The summed E-state index contributed by atoms with van der Waals surface area (Å²) in [5, 5.41) is 16.6. The van der Waals surface area contributed by atoms with E-state index in [1.165, 1.54) is 0 Å². The van der Waals surface area contributed by atoms with Crippen molar-refractivity contribution in [2.24, 2.45) is 5.10 Å². The first-order valence-electron chi connectivity index (χ1n) is 9.35. The summed E-state index contributed by atoms with van der Waals surface area (Å²) in [7, 11) is 0. The van der Waals surface area contributed by atoms with Gasteiger partial charge in [-0.15, -0.1) is 0 Å². The SMILES string of the molecule is CCOc1cccc2c1OC(c1ccco1)N1N=C(c3cccc(O)c3)CC21. The number of ether oxygens (including phenoxy) is 2. The smallest absolute Gasteiger partial charge is 0.246 e. The van der Waals surface area contributed by atoms with Crippen LogP contribution in [-0.4, -0.2) is 22.4 Å². The third-order valence-corrected chi connectivity index (χ3v) is 5.05. The van der Waals surface area contributed by atoms with Crippen LogP contribution >= 0.6 is 0 Å². The van der Waals surface area contributed by atoms with Crippen LogP contribution in [0.4, 0.5) is 0 Å². The molecule has 2 atom stereocenters. The van der Waals surface area contributed by atoms with E-state index in [1.807, 2.05) is 48.3 Å². The monoisotopic (exact) mass is 376 g/mol. The van der Waals surface area contributed by atoms with Gasteiger partial charge in [-0.3, -0.25) is 0 Å². The lowest BCUT2D eigenvalue weighted by molar-refractivity contribution is -0.0344. The van der Waals surface area contributed by atoms with E-state index in [-0.39, 0.29) is 11.8 Å². The fourth-order valence-corrected chi connectivity index (χ4v) is 3.83. The molecule has 6 heteroatoms. The molecule has 6 nitrogen and oxygen atoms in total. The molecular formula is C22H20N2O4. The Morgan fingerprint density at radius 1 is 1.18 bits per heavy atom. The van der Waals surface area contributed by atoms with E-state index in [9.17, 15) is 5.11 Å². The van der Waals surface area contributed by atoms with Crippen LogP contribution < -0.4 is 9.47 Å². The molecule has 0 radical (unpaired) electrons. The molecule has 3 heterocycles. The van der Waals surface area contributed by atoms with Crippen molar-refractivity contribution in [2.75, 3.05) is 6.61 Å². The number of phenolic OH excluding ortho intramolecular Hbond substituents is 1. The van der Waals surface area contributed by atoms with E-state index in [0.29, 0.717) is 18.8 Å². The lowest BCUT2D eigenvalue weighted by atomic mass is 9.96. The summed E-state index contributed by atoms with van der Waals surface area (Å²) in [6.45, 7) is 2.52. The number of hydrogen-bond acceptors (Lipinski definition) is 6. The van der Waals surface area contributed by atoms with Crippen LogP contribution in [-0.2, 0) is 0 Å². The van der Waals surface area contributed by atoms with Crippen LogP contribution in [0.1, 0.15) is 42.5 Å². The zero-order valence-electron chi connectivity index (χ0n) is 15.4. The topological polar surface area (TPSA) is 67.4 Å². The highest BCUT2D eigenvalue weighted by atomic mass is 16.5. The molecule has 142 valence electrons. The van der Waals surface area contributed by atoms with Crippen molar-refractivity contribution in [3.63, 3.8) is 0 Å². The van der Waals surface area contributed by atoms with Crippen molar-refractivity contribution in [3.05, 3.63) is 77.7 Å². The zero-order valence-corrected chi connectivity index (χ0v) is 15.4. The molecule has 0 bridgehead atoms. The number of para-hydroxylation sites is 1. The number of rotatable bonds is 4. The molecule has 5 rings (SSSR count). The van der Waals surface area contributed by atoms with Gasteiger partial charge in [0.2, 0.25) is 6.23 Å². The first kappa shape index (κ1) is 16.7. The Morgan fingerprint density at radius 3 is 2.86 bits per heavy atom. The molecule has 2 unspecified atom stereocenters. The van der Waals surface area contributed by atoms with E-state index in [4.69, 9.17) is 19.0 Å². The van der Waals surface area contributed by atoms with E-state index >= 15 is 0 Å². The average molecular weight is 376 g/mol. The summed E-state index contributed by atoms with van der Waals surface area (Å²) in [6.07, 6.45) is 1.85. The Bertz CT molecular complexity index is 1030. The summed E-state index contributed by atoms with van der Waals surface area (Å²) in [6, 6.07) is 16.8. The Labute approximate surface area is 162 Å². The minimum absolute atomic E-state index is 0.00314. The lowest BCUT2D eigenvalue weighted by Crippen LogP contribution is -2.33. The molecule has 3 aromatic rings. The second kappa shape index (κ2) is 6.64. The summed E-state index contributed by atoms with van der Waals surface area (Å²) in [4.78, 5) is 0. The second-order valence-corrected chi connectivity index (χ2v) is 6.79. The Balaban J connectivity index is 1.61. The first-order chi connectivity index (χ1) is 13.7. The molecule has 0 aliphatic carbocycles. The summed E-state index contributed by atoms with van der Waals surface area (Å²) in [5.74, 6) is 2.37. The number of furan rings is 1. The van der Waals surface area contributed by atoms with E-state index in [2.05, 4.69) is 6.07 Å². The average Bonchev–Trinajstić information content (AvgIpc) is 3.38. The van der Waals surface area contributed by atoms with E-state index < -0.39 is 6.23 Å². The van der Waals surface area contributed by atoms with E-state index in [1.54, 1.807) is 18.4 Å². The van der Waals surface area contributed by atoms with Crippen molar-refractivity contribution < 1.29 is 19.0 Å². The highest BCUT2D eigenvalue weighted by Crippen LogP contribution is 2.50. The Morgan fingerprint density at radius 2 is 2.07 bits per heavy atom. The number of benzene rings is 2. The van der Waals surface area contributed by atoms with Crippen LogP contribution in [0.3, 0.4) is 0 Å². The number of fused-ring (bicyclic) bond motifs is 3. The molecule has 0 saturated carbocycles. The second-order valence-electron chi connectivity index (χ2n) is 6.79. The molecule has 2 aliphatic rings. The van der Waals surface area contributed by atoms with E-state index in [0.717, 1.165) is 28.3 Å².